The maximum absolute atomic E-state index is 14.4. The average Bonchev–Trinajstić information content (AvgIpc) is 2.61. The second-order valence-electron chi connectivity index (χ2n) is 5.42. The zero-order chi connectivity index (χ0) is 18.5. The van der Waals surface area contributed by atoms with Crippen LogP contribution in [0.15, 0.2) is 60.8 Å². The van der Waals surface area contributed by atoms with E-state index in [2.05, 4.69) is 10.3 Å². The second-order valence-corrected chi connectivity index (χ2v) is 5.42. The molecule has 1 aromatic heterocycles. The van der Waals surface area contributed by atoms with Gasteiger partial charge in [0.05, 0.1) is 11.3 Å². The van der Waals surface area contributed by atoms with Crippen LogP contribution in [0.1, 0.15) is 5.56 Å². The molecule has 0 saturated carbocycles. The highest BCUT2D eigenvalue weighted by atomic mass is 19.1. The van der Waals surface area contributed by atoms with Gasteiger partial charge in [0, 0.05) is 6.20 Å². The van der Waals surface area contributed by atoms with Crippen LogP contribution in [-0.2, 0) is 6.61 Å². The normalized spacial score (nSPS) is 10.4. The van der Waals surface area contributed by atoms with E-state index in [9.17, 15) is 13.6 Å². The standard InChI is InChI=1S/C19H15F2N3O2/c20-13-8-6-12(7-9-13)11-26-16-5-2-10-23-18(16)17-14(21)3-1-4-15(17)24-19(22)25/h1-10H,11H2,(H3,22,24,25). The fraction of sp³-hybridized carbons (Fsp3) is 0.0526. The van der Waals surface area contributed by atoms with Gasteiger partial charge in [-0.2, -0.15) is 0 Å². The second kappa shape index (κ2) is 7.60. The number of anilines is 1. The predicted molar refractivity (Wildman–Crippen MR) is 93.6 cm³/mol. The van der Waals surface area contributed by atoms with Crippen LogP contribution < -0.4 is 15.8 Å². The summed E-state index contributed by atoms with van der Waals surface area (Å²) in [5, 5.41) is 2.38. The molecule has 0 atom stereocenters. The number of primary amides is 1. The molecule has 5 nitrogen and oxygen atoms in total. The summed E-state index contributed by atoms with van der Waals surface area (Å²) < 4.78 is 33.2. The molecule has 0 saturated heterocycles. The van der Waals surface area contributed by atoms with Crippen molar-refractivity contribution >= 4 is 11.7 Å². The quantitative estimate of drug-likeness (QED) is 0.723. The molecule has 7 heteroatoms. The Morgan fingerprint density at radius 3 is 2.58 bits per heavy atom. The summed E-state index contributed by atoms with van der Waals surface area (Å²) in [4.78, 5) is 15.4. The van der Waals surface area contributed by atoms with Crippen molar-refractivity contribution in [3.8, 4) is 17.0 Å². The van der Waals surface area contributed by atoms with E-state index in [0.29, 0.717) is 5.75 Å². The smallest absolute Gasteiger partial charge is 0.316 e. The van der Waals surface area contributed by atoms with E-state index >= 15 is 0 Å². The van der Waals surface area contributed by atoms with Gasteiger partial charge in [-0.1, -0.05) is 18.2 Å². The summed E-state index contributed by atoms with van der Waals surface area (Å²) in [6, 6.07) is 12.5. The molecule has 0 aliphatic heterocycles. The highest BCUT2D eigenvalue weighted by Gasteiger charge is 2.17. The molecule has 26 heavy (non-hydrogen) atoms. The summed E-state index contributed by atoms with van der Waals surface area (Å²) in [7, 11) is 0. The molecule has 3 rings (SSSR count). The van der Waals surface area contributed by atoms with E-state index < -0.39 is 11.8 Å². The van der Waals surface area contributed by atoms with Crippen LogP contribution in [0.3, 0.4) is 0 Å². The lowest BCUT2D eigenvalue weighted by Crippen LogP contribution is -2.20. The maximum Gasteiger partial charge on any atom is 0.316 e. The number of hydrogen-bond donors (Lipinski definition) is 2. The Bertz CT molecular complexity index is 930. The topological polar surface area (TPSA) is 77.2 Å². The summed E-state index contributed by atoms with van der Waals surface area (Å²) in [6.07, 6.45) is 1.49. The number of urea groups is 1. The number of carbonyl (C=O) groups excluding carboxylic acids is 1. The Balaban J connectivity index is 1.95. The lowest BCUT2D eigenvalue weighted by Gasteiger charge is -2.14. The van der Waals surface area contributed by atoms with Crippen molar-refractivity contribution in [2.45, 2.75) is 6.61 Å². The lowest BCUT2D eigenvalue weighted by atomic mass is 10.1. The highest BCUT2D eigenvalue weighted by Crippen LogP contribution is 2.35. The number of ether oxygens (including phenoxy) is 1. The molecule has 3 N–H and O–H groups in total. The first-order valence-electron chi connectivity index (χ1n) is 7.72. The maximum atomic E-state index is 14.4. The number of rotatable bonds is 5. The van der Waals surface area contributed by atoms with E-state index in [1.807, 2.05) is 0 Å². The van der Waals surface area contributed by atoms with Crippen LogP contribution in [0.25, 0.3) is 11.3 Å². The van der Waals surface area contributed by atoms with Crippen molar-refractivity contribution in [3.63, 3.8) is 0 Å². The monoisotopic (exact) mass is 355 g/mol. The van der Waals surface area contributed by atoms with Crippen LogP contribution in [0, 0.1) is 11.6 Å². The van der Waals surface area contributed by atoms with Gasteiger partial charge in [0.15, 0.2) is 0 Å². The van der Waals surface area contributed by atoms with Crippen molar-refractivity contribution in [2.24, 2.45) is 5.73 Å². The van der Waals surface area contributed by atoms with Crippen molar-refractivity contribution in [3.05, 3.63) is 78.0 Å². The number of amides is 2. The van der Waals surface area contributed by atoms with E-state index in [-0.39, 0.29) is 29.4 Å². The van der Waals surface area contributed by atoms with Gasteiger partial charge in [0.25, 0.3) is 0 Å². The summed E-state index contributed by atoms with van der Waals surface area (Å²) in [6.45, 7) is 0.145. The molecule has 0 aliphatic rings. The highest BCUT2D eigenvalue weighted by molar-refractivity contribution is 5.93. The number of pyridine rings is 1. The van der Waals surface area contributed by atoms with E-state index in [1.165, 1.54) is 36.5 Å². The Labute approximate surface area is 148 Å². The number of hydrogen-bond acceptors (Lipinski definition) is 3. The fourth-order valence-corrected chi connectivity index (χ4v) is 2.44. The number of nitrogens with zero attached hydrogens (tertiary/aromatic N) is 1. The van der Waals surface area contributed by atoms with Crippen molar-refractivity contribution in [1.82, 2.24) is 4.98 Å². The van der Waals surface area contributed by atoms with Crippen LogP contribution in [0.2, 0.25) is 0 Å². The van der Waals surface area contributed by atoms with E-state index in [4.69, 9.17) is 10.5 Å². The first-order chi connectivity index (χ1) is 12.5. The van der Waals surface area contributed by atoms with Crippen LogP contribution in [0.5, 0.6) is 5.75 Å². The number of halogens is 2. The average molecular weight is 355 g/mol. The van der Waals surface area contributed by atoms with E-state index in [0.717, 1.165) is 5.56 Å². The largest absolute Gasteiger partial charge is 0.487 e. The Morgan fingerprint density at radius 1 is 1.08 bits per heavy atom. The summed E-state index contributed by atoms with van der Waals surface area (Å²) in [5.74, 6) is -0.611. The zero-order valence-electron chi connectivity index (χ0n) is 13.6. The number of nitrogens with two attached hydrogens (primary N) is 1. The minimum atomic E-state index is -0.818. The first-order valence-corrected chi connectivity index (χ1v) is 7.72. The minimum Gasteiger partial charge on any atom is -0.487 e. The molecule has 2 aromatic carbocycles. The fourth-order valence-electron chi connectivity index (χ4n) is 2.44. The molecule has 0 aliphatic carbocycles. The van der Waals surface area contributed by atoms with Gasteiger partial charge in [0.2, 0.25) is 0 Å². The number of carbonyl (C=O) groups is 1. The van der Waals surface area contributed by atoms with Gasteiger partial charge in [-0.25, -0.2) is 13.6 Å². The predicted octanol–water partition coefficient (Wildman–Crippen LogP) is 4.10. The Hall–Kier alpha value is -3.48. The molecular formula is C19H15F2N3O2. The van der Waals surface area contributed by atoms with Gasteiger partial charge in [0.1, 0.15) is 29.7 Å². The van der Waals surface area contributed by atoms with Crippen molar-refractivity contribution in [1.29, 1.82) is 0 Å². The van der Waals surface area contributed by atoms with Crippen LogP contribution in [-0.4, -0.2) is 11.0 Å². The number of benzene rings is 2. The summed E-state index contributed by atoms with van der Waals surface area (Å²) >= 11 is 0. The first kappa shape index (κ1) is 17.3. The summed E-state index contributed by atoms with van der Waals surface area (Å²) in [5.41, 5.74) is 6.37. The molecule has 0 spiro atoms. The van der Waals surface area contributed by atoms with Crippen molar-refractivity contribution < 1.29 is 18.3 Å². The van der Waals surface area contributed by atoms with Gasteiger partial charge >= 0.3 is 6.03 Å². The van der Waals surface area contributed by atoms with Gasteiger partial charge in [-0.15, -0.1) is 0 Å². The minimum absolute atomic E-state index is 0.0704. The molecule has 0 fully saturated rings. The molecule has 0 bridgehead atoms. The molecule has 1 heterocycles. The third-order valence-corrected chi connectivity index (χ3v) is 3.59. The lowest BCUT2D eigenvalue weighted by molar-refractivity contribution is 0.259. The number of nitrogens with one attached hydrogen (secondary N) is 1. The third-order valence-electron chi connectivity index (χ3n) is 3.59. The SMILES string of the molecule is NC(=O)Nc1cccc(F)c1-c1ncccc1OCc1ccc(F)cc1. The zero-order valence-corrected chi connectivity index (χ0v) is 13.6. The van der Waals surface area contributed by atoms with Gasteiger partial charge in [-0.05, 0) is 42.0 Å². The molecule has 0 unspecified atom stereocenters. The van der Waals surface area contributed by atoms with E-state index in [1.54, 1.807) is 24.3 Å². The van der Waals surface area contributed by atoms with Gasteiger partial charge < -0.3 is 15.8 Å². The van der Waals surface area contributed by atoms with Gasteiger partial charge in [-0.3, -0.25) is 4.98 Å². The van der Waals surface area contributed by atoms with Crippen molar-refractivity contribution in [2.75, 3.05) is 5.32 Å². The number of aromatic nitrogens is 1. The molecule has 3 aromatic rings. The van der Waals surface area contributed by atoms with Crippen LogP contribution in [0.4, 0.5) is 19.3 Å². The Kier molecular flexibility index (Phi) is 5.07. The molecule has 132 valence electrons. The Morgan fingerprint density at radius 2 is 1.85 bits per heavy atom. The molecular weight excluding hydrogens is 340 g/mol. The molecule has 2 amide bonds. The third kappa shape index (κ3) is 3.94. The van der Waals surface area contributed by atoms with Crippen LogP contribution >= 0.6 is 0 Å². The molecule has 0 radical (unpaired) electrons.